The second kappa shape index (κ2) is 6.91. The summed E-state index contributed by atoms with van der Waals surface area (Å²) in [6.45, 7) is -0.195. The highest BCUT2D eigenvalue weighted by Gasteiger charge is 2.67. The summed E-state index contributed by atoms with van der Waals surface area (Å²) in [6, 6.07) is 8.79. The quantitative estimate of drug-likeness (QED) is 0.386. The van der Waals surface area contributed by atoms with Crippen molar-refractivity contribution in [2.75, 3.05) is 18.3 Å². The van der Waals surface area contributed by atoms with Gasteiger partial charge in [0.05, 0.1) is 17.5 Å². The molecule has 2 bridgehead atoms. The molecule has 8 heteroatoms. The van der Waals surface area contributed by atoms with Crippen LogP contribution in [0.15, 0.2) is 48.6 Å². The molecule has 0 radical (unpaired) electrons. The van der Waals surface area contributed by atoms with Gasteiger partial charge < -0.3 is 14.2 Å². The summed E-state index contributed by atoms with van der Waals surface area (Å²) in [5.41, 5.74) is 0.324. The number of amides is 2. The van der Waals surface area contributed by atoms with E-state index in [0.29, 0.717) is 28.9 Å². The molecule has 34 heavy (non-hydrogen) atoms. The molecule has 0 aromatic heterocycles. The standard InChI is InChI=1S/C26H20FNO6/c27-18-8-13(32-10-20(29)12-1-6-21-22(7-12)34-11-33-21)2-5-19(18)28-25(30)23-14-3-4-15(17-9-16(14)17)24(23)26(28)31/h1-8,14-17,23-24H,9-11H2/t14-,15+,16+,17-,23-,24+. The monoisotopic (exact) mass is 461 g/mol. The van der Waals surface area contributed by atoms with Crippen LogP contribution >= 0.6 is 0 Å². The zero-order valence-electron chi connectivity index (χ0n) is 18.0. The Morgan fingerprint density at radius 3 is 2.38 bits per heavy atom. The predicted molar refractivity (Wildman–Crippen MR) is 116 cm³/mol. The van der Waals surface area contributed by atoms with Crippen molar-refractivity contribution in [1.29, 1.82) is 0 Å². The van der Waals surface area contributed by atoms with E-state index in [4.69, 9.17) is 14.2 Å². The number of Topliss-reactive ketones (excluding diaryl/α,β-unsaturated/α-hetero) is 1. The van der Waals surface area contributed by atoms with Crippen LogP contribution in [0.25, 0.3) is 0 Å². The average Bonchev–Trinajstić information content (AvgIpc) is 3.47. The van der Waals surface area contributed by atoms with Gasteiger partial charge in [-0.2, -0.15) is 0 Å². The third kappa shape index (κ3) is 2.71. The normalized spacial score (nSPS) is 31.5. The van der Waals surface area contributed by atoms with E-state index < -0.39 is 5.82 Å². The number of hydrogen-bond donors (Lipinski definition) is 0. The van der Waals surface area contributed by atoms with E-state index in [1.165, 1.54) is 12.1 Å². The van der Waals surface area contributed by atoms with E-state index in [1.807, 2.05) is 0 Å². The number of halogens is 1. The van der Waals surface area contributed by atoms with Crippen molar-refractivity contribution in [2.45, 2.75) is 6.42 Å². The van der Waals surface area contributed by atoms with Gasteiger partial charge in [-0.05, 0) is 60.4 Å². The molecule has 2 aromatic rings. The number of rotatable bonds is 5. The van der Waals surface area contributed by atoms with Gasteiger partial charge in [0.1, 0.15) is 5.75 Å². The fourth-order valence-corrected chi connectivity index (χ4v) is 6.26. The van der Waals surface area contributed by atoms with E-state index in [1.54, 1.807) is 18.2 Å². The summed E-state index contributed by atoms with van der Waals surface area (Å²) >= 11 is 0. The molecule has 2 amide bonds. The van der Waals surface area contributed by atoms with Crippen LogP contribution in [0.3, 0.4) is 0 Å². The molecule has 0 N–H and O–H groups in total. The number of ether oxygens (including phenoxy) is 3. The Labute approximate surface area is 194 Å². The van der Waals surface area contributed by atoms with Crippen LogP contribution in [0.2, 0.25) is 0 Å². The number of fused-ring (bicyclic) bond motifs is 1. The zero-order valence-corrected chi connectivity index (χ0v) is 18.0. The van der Waals surface area contributed by atoms with Crippen molar-refractivity contribution < 1.29 is 33.0 Å². The Balaban J connectivity index is 1.08. The predicted octanol–water partition coefficient (Wildman–Crippen LogP) is 3.37. The first-order valence-corrected chi connectivity index (χ1v) is 11.4. The van der Waals surface area contributed by atoms with Crippen molar-refractivity contribution in [2.24, 2.45) is 35.5 Å². The fraction of sp³-hybridized carbons (Fsp3) is 0.346. The minimum atomic E-state index is -0.737. The molecule has 1 saturated heterocycles. The summed E-state index contributed by atoms with van der Waals surface area (Å²) in [6.07, 6.45) is 5.24. The van der Waals surface area contributed by atoms with Crippen molar-refractivity contribution >= 4 is 23.3 Å². The van der Waals surface area contributed by atoms with Crippen LogP contribution in [0, 0.1) is 41.3 Å². The maximum absolute atomic E-state index is 15.1. The van der Waals surface area contributed by atoms with Gasteiger partial charge in [0.15, 0.2) is 29.7 Å². The van der Waals surface area contributed by atoms with Gasteiger partial charge in [-0.1, -0.05) is 12.2 Å². The lowest BCUT2D eigenvalue weighted by Gasteiger charge is -2.37. The average molecular weight is 461 g/mol. The first kappa shape index (κ1) is 19.8. The molecule has 2 saturated carbocycles. The second-order valence-electron chi connectivity index (χ2n) is 9.56. The van der Waals surface area contributed by atoms with E-state index in [-0.39, 0.29) is 66.1 Å². The highest BCUT2D eigenvalue weighted by molar-refractivity contribution is 6.22. The topological polar surface area (TPSA) is 82.1 Å². The summed E-state index contributed by atoms with van der Waals surface area (Å²) in [7, 11) is 0. The fourth-order valence-electron chi connectivity index (χ4n) is 6.26. The SMILES string of the molecule is O=C(COc1ccc(N2C(=O)[C@@H]3[C@@H]4C=C[C@@H]([C@H]5C[C@@H]45)[C@@H]3C2=O)c(F)c1)c1ccc2c(c1)OCO2. The Hall–Kier alpha value is -3.68. The Kier molecular flexibility index (Phi) is 4.02. The highest BCUT2D eigenvalue weighted by atomic mass is 19.1. The molecule has 6 atom stereocenters. The van der Waals surface area contributed by atoms with E-state index in [9.17, 15) is 14.4 Å². The lowest BCUT2D eigenvalue weighted by Crippen LogP contribution is -2.40. The van der Waals surface area contributed by atoms with Crippen LogP contribution in [-0.2, 0) is 9.59 Å². The molecule has 0 spiro atoms. The maximum atomic E-state index is 15.1. The number of anilines is 1. The number of ketones is 1. The number of nitrogens with zero attached hydrogens (tertiary/aromatic N) is 1. The molecule has 3 fully saturated rings. The van der Waals surface area contributed by atoms with Gasteiger partial charge >= 0.3 is 0 Å². The van der Waals surface area contributed by atoms with Crippen LogP contribution in [-0.4, -0.2) is 31.0 Å². The second-order valence-corrected chi connectivity index (χ2v) is 9.56. The molecular formula is C26H20FNO6. The van der Waals surface area contributed by atoms with Gasteiger partial charge in [0.2, 0.25) is 18.6 Å². The van der Waals surface area contributed by atoms with Crippen molar-refractivity contribution in [1.82, 2.24) is 0 Å². The first-order chi connectivity index (χ1) is 16.5. The molecule has 2 aromatic carbocycles. The lowest BCUT2D eigenvalue weighted by molar-refractivity contribution is -0.124. The van der Waals surface area contributed by atoms with Gasteiger partial charge in [0.25, 0.3) is 0 Å². The molecule has 0 unspecified atom stereocenters. The van der Waals surface area contributed by atoms with E-state index in [0.717, 1.165) is 17.4 Å². The summed E-state index contributed by atoms with van der Waals surface area (Å²) in [4.78, 5) is 39.9. The molecular weight excluding hydrogens is 441 g/mol. The number of carbonyl (C=O) groups is 3. The first-order valence-electron chi connectivity index (χ1n) is 11.4. The van der Waals surface area contributed by atoms with Crippen LogP contribution in [0.4, 0.5) is 10.1 Å². The Bertz CT molecular complexity index is 1270. The van der Waals surface area contributed by atoms with Gasteiger partial charge in [0, 0.05) is 11.6 Å². The number of carbonyl (C=O) groups excluding carboxylic acids is 3. The minimum absolute atomic E-state index is 0.0630. The van der Waals surface area contributed by atoms with Crippen molar-refractivity contribution in [3.63, 3.8) is 0 Å². The molecule has 8 rings (SSSR count). The molecule has 2 heterocycles. The minimum Gasteiger partial charge on any atom is -0.485 e. The molecule has 7 nitrogen and oxygen atoms in total. The summed E-state index contributed by atoms with van der Waals surface area (Å²) in [5.74, 6) is -0.135. The largest absolute Gasteiger partial charge is 0.485 e. The number of benzene rings is 2. The summed E-state index contributed by atoms with van der Waals surface area (Å²) < 4.78 is 31.1. The van der Waals surface area contributed by atoms with Gasteiger partial charge in [-0.15, -0.1) is 0 Å². The zero-order chi connectivity index (χ0) is 23.1. The smallest absolute Gasteiger partial charge is 0.238 e. The third-order valence-corrected chi connectivity index (χ3v) is 7.89. The Morgan fingerprint density at radius 1 is 0.971 bits per heavy atom. The van der Waals surface area contributed by atoms with E-state index >= 15 is 4.39 Å². The van der Waals surface area contributed by atoms with Crippen LogP contribution < -0.4 is 19.1 Å². The molecule has 4 aliphatic carbocycles. The number of imide groups is 1. The molecule has 2 aliphatic heterocycles. The van der Waals surface area contributed by atoms with Crippen molar-refractivity contribution in [3.8, 4) is 17.2 Å². The summed E-state index contributed by atoms with van der Waals surface area (Å²) in [5, 5.41) is 0. The van der Waals surface area contributed by atoms with Gasteiger partial charge in [-0.25, -0.2) is 9.29 Å². The number of allylic oxidation sites excluding steroid dienone is 2. The van der Waals surface area contributed by atoms with Crippen LogP contribution in [0.5, 0.6) is 17.2 Å². The van der Waals surface area contributed by atoms with Gasteiger partial charge in [-0.3, -0.25) is 14.4 Å². The van der Waals surface area contributed by atoms with Crippen LogP contribution in [0.1, 0.15) is 16.8 Å². The van der Waals surface area contributed by atoms with Crippen molar-refractivity contribution in [3.05, 3.63) is 59.9 Å². The lowest BCUT2D eigenvalue weighted by atomic mass is 9.63. The molecule has 172 valence electrons. The number of hydrogen-bond acceptors (Lipinski definition) is 6. The maximum Gasteiger partial charge on any atom is 0.238 e. The molecule has 6 aliphatic rings. The highest BCUT2D eigenvalue weighted by Crippen LogP contribution is 2.65. The van der Waals surface area contributed by atoms with E-state index in [2.05, 4.69) is 12.2 Å². The third-order valence-electron chi connectivity index (χ3n) is 7.89. The Morgan fingerprint density at radius 2 is 1.68 bits per heavy atom.